The molecule has 2 rings (SSSR count). The van der Waals surface area contributed by atoms with Crippen LogP contribution in [0.1, 0.15) is 17.5 Å². The zero-order valence-corrected chi connectivity index (χ0v) is 9.48. The molecule has 0 saturated carbocycles. The first kappa shape index (κ1) is 10.1. The maximum absolute atomic E-state index is 2.20. The molecule has 0 amide bonds. The Labute approximate surface area is 91.2 Å². The van der Waals surface area contributed by atoms with Crippen molar-refractivity contribution in [3.05, 3.63) is 48.0 Å². The van der Waals surface area contributed by atoms with E-state index in [-0.39, 0.29) is 0 Å². The number of aromatic nitrogens is 2. The molecule has 15 heavy (non-hydrogen) atoms. The average molecular weight is 202 g/mol. The van der Waals surface area contributed by atoms with Crippen molar-refractivity contribution in [2.75, 3.05) is 0 Å². The van der Waals surface area contributed by atoms with Crippen LogP contribution in [0.3, 0.4) is 0 Å². The Morgan fingerprint density at radius 3 is 1.67 bits per heavy atom. The van der Waals surface area contributed by atoms with Crippen LogP contribution < -0.4 is 0 Å². The third-order valence-electron chi connectivity index (χ3n) is 2.72. The molecular formula is C13H18N2. The molecule has 0 aromatic carbocycles. The van der Waals surface area contributed by atoms with E-state index in [0.717, 1.165) is 0 Å². The highest BCUT2D eigenvalue weighted by Gasteiger charge is 1.97. The van der Waals surface area contributed by atoms with Crippen molar-refractivity contribution in [2.45, 2.75) is 19.3 Å². The molecule has 0 aliphatic heterocycles. The van der Waals surface area contributed by atoms with Gasteiger partial charge in [-0.05, 0) is 42.5 Å². The lowest BCUT2D eigenvalue weighted by molar-refractivity contribution is 0.811. The standard InChI is InChI=1S/C13H18N2/c1-14-8-6-12(10-14)4-3-5-13-7-9-15(2)11-13/h6-11H,3-5H2,1-2H3. The molecule has 0 spiro atoms. The largest absolute Gasteiger partial charge is 0.357 e. The number of aryl methyl sites for hydroxylation is 4. The normalized spacial score (nSPS) is 10.8. The Hall–Kier alpha value is -1.44. The van der Waals surface area contributed by atoms with E-state index in [1.807, 2.05) is 0 Å². The van der Waals surface area contributed by atoms with Crippen LogP contribution in [0.2, 0.25) is 0 Å². The number of hydrogen-bond acceptors (Lipinski definition) is 0. The summed E-state index contributed by atoms with van der Waals surface area (Å²) in [5.41, 5.74) is 2.88. The van der Waals surface area contributed by atoms with Crippen LogP contribution in [-0.4, -0.2) is 9.13 Å². The van der Waals surface area contributed by atoms with Crippen LogP contribution in [0.15, 0.2) is 36.9 Å². The number of rotatable bonds is 4. The highest BCUT2D eigenvalue weighted by atomic mass is 14.9. The van der Waals surface area contributed by atoms with Crippen LogP contribution in [-0.2, 0) is 26.9 Å². The summed E-state index contributed by atoms with van der Waals surface area (Å²) in [7, 11) is 4.14. The predicted molar refractivity (Wildman–Crippen MR) is 62.9 cm³/mol. The van der Waals surface area contributed by atoms with Gasteiger partial charge < -0.3 is 9.13 Å². The van der Waals surface area contributed by atoms with Crippen molar-refractivity contribution in [3.8, 4) is 0 Å². The summed E-state index contributed by atoms with van der Waals surface area (Å²) < 4.78 is 4.22. The van der Waals surface area contributed by atoms with Gasteiger partial charge in [0.15, 0.2) is 0 Å². The SMILES string of the molecule is Cn1ccc(CCCc2ccn(C)c2)c1. The fraction of sp³-hybridized carbons (Fsp3) is 0.385. The summed E-state index contributed by atoms with van der Waals surface area (Å²) in [5.74, 6) is 0. The van der Waals surface area contributed by atoms with Gasteiger partial charge in [0, 0.05) is 38.9 Å². The van der Waals surface area contributed by atoms with E-state index in [0.29, 0.717) is 0 Å². The molecular weight excluding hydrogens is 184 g/mol. The molecule has 0 fully saturated rings. The molecule has 0 atom stereocenters. The quantitative estimate of drug-likeness (QED) is 0.721. The van der Waals surface area contributed by atoms with Crippen molar-refractivity contribution in [1.29, 1.82) is 0 Å². The van der Waals surface area contributed by atoms with Gasteiger partial charge in [0.25, 0.3) is 0 Å². The molecule has 2 heterocycles. The Morgan fingerprint density at radius 1 is 0.867 bits per heavy atom. The Balaban J connectivity index is 1.80. The smallest absolute Gasteiger partial charge is 0.0106 e. The number of nitrogens with zero attached hydrogens (tertiary/aromatic N) is 2. The average Bonchev–Trinajstić information content (AvgIpc) is 2.76. The second-order valence-electron chi connectivity index (χ2n) is 4.22. The second-order valence-corrected chi connectivity index (χ2v) is 4.22. The molecule has 0 saturated heterocycles. The third kappa shape index (κ3) is 2.75. The molecule has 0 radical (unpaired) electrons. The van der Waals surface area contributed by atoms with Crippen LogP contribution in [0.4, 0.5) is 0 Å². The fourth-order valence-corrected chi connectivity index (χ4v) is 1.91. The molecule has 0 bridgehead atoms. The van der Waals surface area contributed by atoms with E-state index in [9.17, 15) is 0 Å². The Morgan fingerprint density at radius 2 is 1.33 bits per heavy atom. The maximum Gasteiger partial charge on any atom is 0.0106 e. The number of hydrogen-bond donors (Lipinski definition) is 0. The molecule has 80 valence electrons. The van der Waals surface area contributed by atoms with Crippen LogP contribution >= 0.6 is 0 Å². The van der Waals surface area contributed by atoms with Crippen molar-refractivity contribution < 1.29 is 0 Å². The first-order valence-electron chi connectivity index (χ1n) is 5.46. The van der Waals surface area contributed by atoms with E-state index in [1.165, 1.54) is 30.4 Å². The lowest BCUT2D eigenvalue weighted by atomic mass is 10.1. The van der Waals surface area contributed by atoms with Gasteiger partial charge in [-0.1, -0.05) is 0 Å². The van der Waals surface area contributed by atoms with Crippen LogP contribution in [0.25, 0.3) is 0 Å². The lowest BCUT2D eigenvalue weighted by Crippen LogP contribution is -1.88. The molecule has 2 aromatic heterocycles. The molecule has 0 unspecified atom stereocenters. The van der Waals surface area contributed by atoms with E-state index < -0.39 is 0 Å². The molecule has 2 aromatic rings. The van der Waals surface area contributed by atoms with Crippen molar-refractivity contribution in [2.24, 2.45) is 14.1 Å². The van der Waals surface area contributed by atoms with Gasteiger partial charge in [-0.15, -0.1) is 0 Å². The topological polar surface area (TPSA) is 9.86 Å². The maximum atomic E-state index is 2.20. The first-order valence-corrected chi connectivity index (χ1v) is 5.46. The Bertz CT molecular complexity index is 383. The molecule has 2 nitrogen and oxygen atoms in total. The second kappa shape index (κ2) is 4.39. The van der Waals surface area contributed by atoms with Crippen molar-refractivity contribution in [1.82, 2.24) is 9.13 Å². The van der Waals surface area contributed by atoms with Gasteiger partial charge in [0.1, 0.15) is 0 Å². The van der Waals surface area contributed by atoms with Gasteiger partial charge in [-0.2, -0.15) is 0 Å². The minimum atomic E-state index is 1.18. The highest BCUT2D eigenvalue weighted by molar-refractivity contribution is 5.13. The molecule has 0 aliphatic carbocycles. The highest BCUT2D eigenvalue weighted by Crippen LogP contribution is 2.08. The van der Waals surface area contributed by atoms with Gasteiger partial charge in [0.05, 0.1) is 0 Å². The van der Waals surface area contributed by atoms with Gasteiger partial charge in [-0.3, -0.25) is 0 Å². The van der Waals surface area contributed by atoms with E-state index in [1.54, 1.807) is 0 Å². The molecule has 0 N–H and O–H groups in total. The first-order chi connectivity index (χ1) is 7.24. The van der Waals surface area contributed by atoms with Gasteiger partial charge in [0.2, 0.25) is 0 Å². The third-order valence-corrected chi connectivity index (χ3v) is 2.72. The summed E-state index contributed by atoms with van der Waals surface area (Å²) in [6.07, 6.45) is 12.2. The predicted octanol–water partition coefficient (Wildman–Crippen LogP) is 2.54. The zero-order valence-electron chi connectivity index (χ0n) is 9.48. The summed E-state index contributed by atoms with van der Waals surface area (Å²) in [5, 5.41) is 0. The monoisotopic (exact) mass is 202 g/mol. The Kier molecular flexibility index (Phi) is 2.95. The summed E-state index contributed by atoms with van der Waals surface area (Å²) >= 11 is 0. The van der Waals surface area contributed by atoms with Gasteiger partial charge >= 0.3 is 0 Å². The fourth-order valence-electron chi connectivity index (χ4n) is 1.91. The minimum Gasteiger partial charge on any atom is -0.357 e. The van der Waals surface area contributed by atoms with Crippen molar-refractivity contribution >= 4 is 0 Å². The van der Waals surface area contributed by atoms with E-state index >= 15 is 0 Å². The van der Waals surface area contributed by atoms with Gasteiger partial charge in [-0.25, -0.2) is 0 Å². The molecule has 2 heteroatoms. The lowest BCUT2D eigenvalue weighted by Gasteiger charge is -1.97. The summed E-state index contributed by atoms with van der Waals surface area (Å²) in [6.45, 7) is 0. The summed E-state index contributed by atoms with van der Waals surface area (Å²) in [6, 6.07) is 4.40. The zero-order chi connectivity index (χ0) is 10.7. The van der Waals surface area contributed by atoms with E-state index in [4.69, 9.17) is 0 Å². The summed E-state index contributed by atoms with van der Waals surface area (Å²) in [4.78, 5) is 0. The van der Waals surface area contributed by atoms with Crippen LogP contribution in [0.5, 0.6) is 0 Å². The van der Waals surface area contributed by atoms with Crippen LogP contribution in [0, 0.1) is 0 Å². The van der Waals surface area contributed by atoms with Crippen molar-refractivity contribution in [3.63, 3.8) is 0 Å². The van der Waals surface area contributed by atoms with E-state index in [2.05, 4.69) is 60.1 Å². The molecule has 0 aliphatic rings. The minimum absolute atomic E-state index is 1.18.